The highest BCUT2D eigenvalue weighted by atomic mass is 16.6. The average Bonchev–Trinajstić information content (AvgIpc) is 3.18. The number of cyclic esters (lactones) is 2. The summed E-state index contributed by atoms with van der Waals surface area (Å²) in [4.78, 5) is 80.1. The number of hydrogen-bond acceptors (Lipinski definition) is 13. The van der Waals surface area contributed by atoms with E-state index in [4.69, 9.17) is 33.2 Å². The molecule has 8 bridgehead atoms. The summed E-state index contributed by atoms with van der Waals surface area (Å²) in [6.07, 6.45) is 3.12. The summed E-state index contributed by atoms with van der Waals surface area (Å²) < 4.78 is 40.4. The van der Waals surface area contributed by atoms with E-state index in [1.54, 1.807) is 0 Å². The SMILES string of the molecule is C=C1CC[C@H]2[C@@]3(C)CCC[C@]2(C)[C@@H]1CO[C@H]([C@H](CC(=O)OC)C(=O)OC)C(=O)OC[C@]1(C)CCC[C@]2(C)[C@@H](CO[C@H]([C@H](CC(=O)O)C(=O)OC)C(=O)OC3)C(=C)CC[C@@H]12. The first kappa shape index (κ1) is 46.3. The molecular formula is C45H66O14. The van der Waals surface area contributed by atoms with Crippen LogP contribution in [0.4, 0.5) is 0 Å². The molecule has 1 heterocycles. The molecule has 14 heteroatoms. The normalized spacial score (nSPS) is 38.0. The molecule has 4 aliphatic carbocycles. The number of rotatable bonds is 8. The maximum atomic E-state index is 14.4. The molecule has 0 aromatic rings. The molecule has 0 radical (unpaired) electrons. The molecule has 1 aliphatic heterocycles. The molecule has 1 saturated heterocycles. The topological polar surface area (TPSA) is 187 Å². The van der Waals surface area contributed by atoms with E-state index in [9.17, 15) is 33.9 Å². The Morgan fingerprint density at radius 3 is 1.46 bits per heavy atom. The molecule has 5 aliphatic rings. The Morgan fingerprint density at radius 2 is 1.08 bits per heavy atom. The van der Waals surface area contributed by atoms with Crippen molar-refractivity contribution in [2.75, 3.05) is 47.8 Å². The Balaban J connectivity index is 1.60. The molecule has 330 valence electrons. The Labute approximate surface area is 348 Å². The second-order valence-corrected chi connectivity index (χ2v) is 19.0. The lowest BCUT2D eigenvalue weighted by molar-refractivity contribution is -0.189. The minimum atomic E-state index is -1.55. The van der Waals surface area contributed by atoms with E-state index in [2.05, 4.69) is 40.9 Å². The van der Waals surface area contributed by atoms with Crippen molar-refractivity contribution in [1.29, 1.82) is 0 Å². The standard InChI is InChI=1S/C45H66O14/c1-26-12-14-33-43(4)17-11-18-44(33,5)30(26)22-56-36(28(20-34(46)47)38(49)54-8)40(51)58-24-42(3)16-10-19-45(6)31(27(2)13-15-32(42)45)23-57-37(41(52)59-25-43)29(39(50)55-9)21-35(48)53-7/h28-33,36-37H,1-2,10-25H2,3-9H3,(H,46,47)/t28-,29-,30-,31+,32-,33-,36+,37+,42-,43-,44+,45+/m0/s1. The van der Waals surface area contributed by atoms with Crippen molar-refractivity contribution in [2.24, 2.45) is 57.2 Å². The van der Waals surface area contributed by atoms with Crippen LogP contribution in [0.25, 0.3) is 0 Å². The molecule has 59 heavy (non-hydrogen) atoms. The molecule has 12 atom stereocenters. The Bertz CT molecular complexity index is 1660. The highest BCUT2D eigenvalue weighted by Gasteiger charge is 2.58. The molecule has 0 unspecified atom stereocenters. The van der Waals surface area contributed by atoms with Gasteiger partial charge in [0.25, 0.3) is 0 Å². The van der Waals surface area contributed by atoms with Gasteiger partial charge >= 0.3 is 35.8 Å². The van der Waals surface area contributed by atoms with Crippen LogP contribution in [0.2, 0.25) is 0 Å². The monoisotopic (exact) mass is 830 g/mol. The molecule has 4 saturated carbocycles. The van der Waals surface area contributed by atoms with E-state index in [0.29, 0.717) is 12.8 Å². The molecule has 14 nitrogen and oxygen atoms in total. The maximum absolute atomic E-state index is 14.4. The van der Waals surface area contributed by atoms with Crippen molar-refractivity contribution >= 4 is 35.8 Å². The summed E-state index contributed by atoms with van der Waals surface area (Å²) in [5.74, 6) is -8.68. The maximum Gasteiger partial charge on any atom is 0.336 e. The predicted octanol–water partition coefficient (Wildman–Crippen LogP) is 6.03. The van der Waals surface area contributed by atoms with Gasteiger partial charge in [-0.05, 0) is 74.0 Å². The summed E-state index contributed by atoms with van der Waals surface area (Å²) in [6.45, 7) is 17.3. The van der Waals surface area contributed by atoms with Gasteiger partial charge in [-0.15, -0.1) is 0 Å². The highest BCUT2D eigenvalue weighted by molar-refractivity contribution is 5.88. The number of aliphatic carboxylic acids is 1. The first-order valence-electron chi connectivity index (χ1n) is 21.1. The quantitative estimate of drug-likeness (QED) is 0.170. The van der Waals surface area contributed by atoms with Gasteiger partial charge in [0.05, 0.1) is 60.6 Å². The number of ether oxygens (including phenoxy) is 7. The fraction of sp³-hybridized carbons (Fsp3) is 0.778. The first-order valence-corrected chi connectivity index (χ1v) is 21.1. The molecular weight excluding hydrogens is 764 g/mol. The molecule has 0 spiro atoms. The highest BCUT2D eigenvalue weighted by Crippen LogP contribution is 2.63. The number of hydrogen-bond donors (Lipinski definition) is 1. The number of methoxy groups -OCH3 is 3. The predicted molar refractivity (Wildman–Crippen MR) is 212 cm³/mol. The van der Waals surface area contributed by atoms with Crippen LogP contribution in [0.15, 0.2) is 24.3 Å². The lowest BCUT2D eigenvalue weighted by atomic mass is 9.47. The van der Waals surface area contributed by atoms with Crippen molar-refractivity contribution in [2.45, 2.75) is 117 Å². The third-order valence-electron chi connectivity index (χ3n) is 15.5. The molecule has 5 rings (SSSR count). The lowest BCUT2D eigenvalue weighted by Gasteiger charge is -2.58. The van der Waals surface area contributed by atoms with Crippen molar-refractivity contribution in [3.63, 3.8) is 0 Å². The number of carboxylic acid groups (broad SMARTS) is 1. The van der Waals surface area contributed by atoms with E-state index in [-0.39, 0.29) is 50.1 Å². The fourth-order valence-electron chi connectivity index (χ4n) is 12.2. The van der Waals surface area contributed by atoms with Gasteiger partial charge in [-0.25, -0.2) is 9.59 Å². The zero-order valence-corrected chi connectivity index (χ0v) is 36.1. The lowest BCUT2D eigenvalue weighted by Crippen LogP contribution is -2.55. The molecule has 0 aromatic heterocycles. The van der Waals surface area contributed by atoms with E-state index < -0.39 is 94.4 Å². The Morgan fingerprint density at radius 1 is 0.678 bits per heavy atom. The van der Waals surface area contributed by atoms with Crippen LogP contribution in [0.5, 0.6) is 0 Å². The van der Waals surface area contributed by atoms with E-state index in [1.807, 2.05) is 0 Å². The van der Waals surface area contributed by atoms with Crippen molar-refractivity contribution in [1.82, 2.24) is 0 Å². The third-order valence-corrected chi connectivity index (χ3v) is 15.5. The van der Waals surface area contributed by atoms with E-state index in [0.717, 1.165) is 69.6 Å². The first-order chi connectivity index (χ1) is 27.8. The molecule has 0 amide bonds. The van der Waals surface area contributed by atoms with Crippen LogP contribution < -0.4 is 0 Å². The smallest absolute Gasteiger partial charge is 0.336 e. The van der Waals surface area contributed by atoms with Gasteiger partial charge < -0.3 is 38.3 Å². The van der Waals surface area contributed by atoms with Crippen molar-refractivity contribution < 1.29 is 67.0 Å². The summed E-state index contributed by atoms with van der Waals surface area (Å²) in [5, 5.41) is 9.88. The Hall–Kier alpha value is -3.78. The largest absolute Gasteiger partial charge is 0.481 e. The molecule has 0 aromatic carbocycles. The van der Waals surface area contributed by atoms with Crippen LogP contribution in [0.3, 0.4) is 0 Å². The van der Waals surface area contributed by atoms with E-state index in [1.165, 1.54) is 14.2 Å². The van der Waals surface area contributed by atoms with Crippen molar-refractivity contribution in [3.8, 4) is 0 Å². The number of carbonyl (C=O) groups is 6. The summed E-state index contributed by atoms with van der Waals surface area (Å²) in [6, 6.07) is 0. The van der Waals surface area contributed by atoms with Gasteiger partial charge in [-0.3, -0.25) is 19.2 Å². The zero-order valence-electron chi connectivity index (χ0n) is 36.1. The minimum Gasteiger partial charge on any atom is -0.481 e. The molecule has 1 N–H and O–H groups in total. The van der Waals surface area contributed by atoms with Gasteiger partial charge in [-0.2, -0.15) is 0 Å². The van der Waals surface area contributed by atoms with Crippen LogP contribution in [0, 0.1) is 57.2 Å². The second-order valence-electron chi connectivity index (χ2n) is 19.0. The van der Waals surface area contributed by atoms with Crippen LogP contribution >= 0.6 is 0 Å². The summed E-state index contributed by atoms with van der Waals surface area (Å²) in [5.41, 5.74) is -0.164. The summed E-state index contributed by atoms with van der Waals surface area (Å²) in [7, 11) is 3.55. The summed E-state index contributed by atoms with van der Waals surface area (Å²) >= 11 is 0. The van der Waals surface area contributed by atoms with Crippen LogP contribution in [0.1, 0.15) is 105 Å². The van der Waals surface area contributed by atoms with Crippen molar-refractivity contribution in [3.05, 3.63) is 24.3 Å². The third kappa shape index (κ3) is 9.28. The van der Waals surface area contributed by atoms with Gasteiger partial charge in [0.2, 0.25) is 0 Å². The Kier molecular flexibility index (Phi) is 14.5. The number of esters is 5. The van der Waals surface area contributed by atoms with Crippen LogP contribution in [-0.4, -0.2) is 101 Å². The van der Waals surface area contributed by atoms with Gasteiger partial charge in [-0.1, -0.05) is 64.8 Å². The minimum absolute atomic E-state index is 0.00377. The average molecular weight is 831 g/mol. The number of carbonyl (C=O) groups excluding carboxylic acids is 5. The fourth-order valence-corrected chi connectivity index (χ4v) is 12.2. The van der Waals surface area contributed by atoms with Gasteiger partial charge in [0.15, 0.2) is 12.2 Å². The zero-order chi connectivity index (χ0) is 43.5. The number of carboxylic acids is 1. The van der Waals surface area contributed by atoms with Gasteiger partial charge in [0, 0.05) is 22.7 Å². The van der Waals surface area contributed by atoms with Gasteiger partial charge in [0.1, 0.15) is 11.8 Å². The van der Waals surface area contributed by atoms with Crippen LogP contribution in [-0.2, 0) is 61.9 Å². The molecule has 5 fully saturated rings. The van der Waals surface area contributed by atoms with E-state index >= 15 is 0 Å². The second kappa shape index (κ2) is 18.5.